The van der Waals surface area contributed by atoms with Crippen molar-refractivity contribution in [2.45, 2.75) is 0 Å². The second-order valence-electron chi connectivity index (χ2n) is 11.4. The lowest BCUT2D eigenvalue weighted by Crippen LogP contribution is -2.24. The van der Waals surface area contributed by atoms with E-state index in [4.69, 9.17) is 9.97 Å². The first kappa shape index (κ1) is 25.9. The zero-order valence-electron chi connectivity index (χ0n) is 24.2. The number of benzene rings is 6. The Morgan fingerprint density at radius 2 is 1.20 bits per heavy atom. The molecule has 45 heavy (non-hydrogen) atoms. The topological polar surface area (TPSA) is 47.3 Å². The second-order valence-corrected chi connectivity index (χ2v) is 14.1. The van der Waals surface area contributed by atoms with Gasteiger partial charge in [0.25, 0.3) is 0 Å². The third-order valence-electron chi connectivity index (χ3n) is 8.89. The van der Waals surface area contributed by atoms with Crippen LogP contribution in [0.4, 0.5) is 0 Å². The van der Waals surface area contributed by atoms with Crippen LogP contribution in [0, 0.1) is 0 Å². The molecule has 5 heteroatoms. The minimum atomic E-state index is -3.04. The number of para-hydroxylation sites is 2. The van der Waals surface area contributed by atoms with E-state index in [2.05, 4.69) is 71.1 Å². The summed E-state index contributed by atoms with van der Waals surface area (Å²) in [6.45, 7) is 0. The lowest BCUT2D eigenvalue weighted by molar-refractivity contribution is 0.592. The molecule has 0 amide bonds. The maximum absolute atomic E-state index is 14.9. The molecule has 9 aromatic rings. The minimum Gasteiger partial charge on any atom is -0.309 e. The number of hydrogen-bond donors (Lipinski definition) is 0. The maximum Gasteiger partial charge on any atom is 0.171 e. The van der Waals surface area contributed by atoms with E-state index in [0.717, 1.165) is 76.3 Å². The van der Waals surface area contributed by atoms with Crippen molar-refractivity contribution in [2.24, 2.45) is 0 Å². The molecule has 0 atom stereocenters. The van der Waals surface area contributed by atoms with E-state index in [1.165, 1.54) is 0 Å². The van der Waals surface area contributed by atoms with Crippen LogP contribution in [-0.2, 0) is 4.57 Å². The van der Waals surface area contributed by atoms with Crippen molar-refractivity contribution in [1.82, 2.24) is 14.4 Å². The Bertz CT molecular complexity index is 2570. The first-order valence-electron chi connectivity index (χ1n) is 15.0. The highest BCUT2D eigenvalue weighted by Gasteiger charge is 2.29. The Balaban J connectivity index is 1.26. The summed E-state index contributed by atoms with van der Waals surface area (Å²) >= 11 is 0. The number of rotatable bonds is 4. The second kappa shape index (κ2) is 9.99. The lowest BCUT2D eigenvalue weighted by Gasteiger charge is -2.20. The number of imidazole rings is 1. The average molecular weight is 596 g/mol. The molecular formula is C40H26N3OP. The van der Waals surface area contributed by atoms with Crippen molar-refractivity contribution < 1.29 is 4.57 Å². The Hall–Kier alpha value is -5.57. The van der Waals surface area contributed by atoms with E-state index in [-0.39, 0.29) is 0 Å². The van der Waals surface area contributed by atoms with Gasteiger partial charge in [-0.2, -0.15) is 0 Å². The van der Waals surface area contributed by atoms with Crippen LogP contribution in [0.2, 0.25) is 0 Å². The van der Waals surface area contributed by atoms with Gasteiger partial charge in [0.05, 0.1) is 27.5 Å². The molecule has 0 saturated carbocycles. The quantitative estimate of drug-likeness (QED) is 0.151. The van der Waals surface area contributed by atoms with Gasteiger partial charge >= 0.3 is 0 Å². The van der Waals surface area contributed by atoms with Gasteiger partial charge in [0.1, 0.15) is 5.65 Å². The van der Waals surface area contributed by atoms with Crippen molar-refractivity contribution in [3.8, 4) is 11.1 Å². The lowest BCUT2D eigenvalue weighted by atomic mass is 9.98. The number of fused-ring (bicyclic) bond motifs is 10. The standard InChI is InChI=1S/C40H26N3OP/c44-45(30-11-3-1-4-12-30,31-13-5-2-6-14-31)32-21-17-27(18-22-32)29-20-24-36-34(26-29)33-23-19-28-10-9-25-41-39(28)38(33)40-42-35-15-7-8-16-37(35)43(36)40/h1-26H. The molecule has 6 aromatic carbocycles. The number of nitrogens with zero attached hydrogens (tertiary/aromatic N) is 3. The largest absolute Gasteiger partial charge is 0.309 e. The highest BCUT2D eigenvalue weighted by molar-refractivity contribution is 7.85. The van der Waals surface area contributed by atoms with Crippen LogP contribution in [0.3, 0.4) is 0 Å². The van der Waals surface area contributed by atoms with Gasteiger partial charge < -0.3 is 4.57 Å². The third-order valence-corrected chi connectivity index (χ3v) is 12.0. The fourth-order valence-corrected chi connectivity index (χ4v) is 9.39. The molecule has 0 aliphatic heterocycles. The molecule has 0 unspecified atom stereocenters. The zero-order chi connectivity index (χ0) is 30.0. The Morgan fingerprint density at radius 1 is 0.533 bits per heavy atom. The molecule has 212 valence electrons. The summed E-state index contributed by atoms with van der Waals surface area (Å²) in [5.74, 6) is 0. The molecule has 0 bridgehead atoms. The molecule has 9 rings (SSSR count). The number of hydrogen-bond acceptors (Lipinski definition) is 3. The Labute approximate surface area is 259 Å². The van der Waals surface area contributed by atoms with E-state index in [0.29, 0.717) is 0 Å². The third kappa shape index (κ3) is 3.90. The molecule has 0 spiro atoms. The first-order chi connectivity index (χ1) is 22.2. The number of aromatic nitrogens is 3. The molecule has 0 aliphatic carbocycles. The van der Waals surface area contributed by atoms with Crippen molar-refractivity contribution >= 4 is 72.3 Å². The van der Waals surface area contributed by atoms with Crippen LogP contribution < -0.4 is 15.9 Å². The van der Waals surface area contributed by atoms with E-state index < -0.39 is 7.14 Å². The van der Waals surface area contributed by atoms with E-state index in [1.54, 1.807) is 0 Å². The van der Waals surface area contributed by atoms with Crippen LogP contribution in [-0.4, -0.2) is 14.4 Å². The Morgan fingerprint density at radius 3 is 1.96 bits per heavy atom. The summed E-state index contributed by atoms with van der Waals surface area (Å²) in [5.41, 5.74) is 7.15. The Kier molecular flexibility index (Phi) is 5.74. The molecular weight excluding hydrogens is 569 g/mol. The van der Waals surface area contributed by atoms with Gasteiger partial charge in [0.2, 0.25) is 0 Å². The van der Waals surface area contributed by atoms with Crippen molar-refractivity contribution in [3.63, 3.8) is 0 Å². The van der Waals surface area contributed by atoms with Crippen molar-refractivity contribution in [1.29, 1.82) is 0 Å². The highest BCUT2D eigenvalue weighted by Crippen LogP contribution is 2.43. The van der Waals surface area contributed by atoms with Crippen molar-refractivity contribution in [3.05, 3.63) is 158 Å². The summed E-state index contributed by atoms with van der Waals surface area (Å²) in [6, 6.07) is 51.2. The molecule has 4 nitrogen and oxygen atoms in total. The molecule has 0 aliphatic rings. The predicted octanol–water partition coefficient (Wildman–Crippen LogP) is 8.65. The van der Waals surface area contributed by atoms with Crippen molar-refractivity contribution in [2.75, 3.05) is 0 Å². The van der Waals surface area contributed by atoms with E-state index in [9.17, 15) is 4.57 Å². The van der Waals surface area contributed by atoms with Gasteiger partial charge in [-0.05, 0) is 46.8 Å². The average Bonchev–Trinajstić information content (AvgIpc) is 3.51. The van der Waals surface area contributed by atoms with Gasteiger partial charge in [-0.15, -0.1) is 0 Å². The van der Waals surface area contributed by atoms with Crippen LogP contribution >= 0.6 is 7.14 Å². The van der Waals surface area contributed by atoms with Gasteiger partial charge in [-0.3, -0.25) is 9.38 Å². The maximum atomic E-state index is 14.9. The van der Waals surface area contributed by atoms with Crippen LogP contribution in [0.25, 0.3) is 60.4 Å². The summed E-state index contributed by atoms with van der Waals surface area (Å²) < 4.78 is 17.2. The normalized spacial score (nSPS) is 12.1. The smallest absolute Gasteiger partial charge is 0.171 e. The fraction of sp³-hybridized carbons (Fsp3) is 0. The van der Waals surface area contributed by atoms with E-state index >= 15 is 0 Å². The highest BCUT2D eigenvalue weighted by atomic mass is 31.2. The summed E-state index contributed by atoms with van der Waals surface area (Å²) in [7, 11) is -3.04. The molecule has 3 aromatic heterocycles. The van der Waals surface area contributed by atoms with Crippen LogP contribution in [0.5, 0.6) is 0 Å². The van der Waals surface area contributed by atoms with E-state index in [1.807, 2.05) is 91.1 Å². The molecule has 3 heterocycles. The van der Waals surface area contributed by atoms with Gasteiger partial charge in [0.15, 0.2) is 7.14 Å². The van der Waals surface area contributed by atoms with Crippen LogP contribution in [0.15, 0.2) is 158 Å². The molecule has 0 saturated heterocycles. The van der Waals surface area contributed by atoms with Gasteiger partial charge in [0, 0.05) is 32.9 Å². The van der Waals surface area contributed by atoms with Gasteiger partial charge in [-0.25, -0.2) is 4.98 Å². The monoisotopic (exact) mass is 595 g/mol. The SMILES string of the molecule is O=P(c1ccccc1)(c1ccccc1)c1ccc(-c2ccc3c(c2)c2ccc4cccnc4c2c2nc4ccccc4n32)cc1. The molecule has 0 fully saturated rings. The first-order valence-corrected chi connectivity index (χ1v) is 16.7. The minimum absolute atomic E-state index is 0.819. The molecule has 0 N–H and O–H groups in total. The van der Waals surface area contributed by atoms with Gasteiger partial charge in [-0.1, -0.05) is 121 Å². The summed E-state index contributed by atoms with van der Waals surface area (Å²) in [6.07, 6.45) is 1.85. The summed E-state index contributed by atoms with van der Waals surface area (Å²) in [4.78, 5) is 9.92. The number of pyridine rings is 2. The summed E-state index contributed by atoms with van der Waals surface area (Å²) in [5, 5.41) is 6.88. The predicted molar refractivity (Wildman–Crippen MR) is 188 cm³/mol. The van der Waals surface area contributed by atoms with Crippen LogP contribution in [0.1, 0.15) is 0 Å². The fourth-order valence-electron chi connectivity index (χ4n) is 6.75. The zero-order valence-corrected chi connectivity index (χ0v) is 25.1. The molecule has 0 radical (unpaired) electrons.